The van der Waals surface area contributed by atoms with Crippen LogP contribution in [-0.4, -0.2) is 43.3 Å². The van der Waals surface area contributed by atoms with Crippen LogP contribution in [0, 0.1) is 0 Å². The summed E-state index contributed by atoms with van der Waals surface area (Å²) in [5, 5.41) is 0. The van der Waals surface area contributed by atoms with Gasteiger partial charge in [0.15, 0.2) is 0 Å². The highest BCUT2D eigenvalue weighted by Gasteiger charge is 2.28. The summed E-state index contributed by atoms with van der Waals surface area (Å²) in [5.41, 5.74) is 0. The second-order valence-electron chi connectivity index (χ2n) is 4.26. The van der Waals surface area contributed by atoms with E-state index in [1.165, 1.54) is 6.42 Å². The number of likely N-dealkylation sites (tertiary alicyclic amines) is 1. The highest BCUT2D eigenvalue weighted by molar-refractivity contribution is 5.77. The van der Waals surface area contributed by atoms with Crippen LogP contribution in [0.4, 0.5) is 13.2 Å². The Hall–Kier alpha value is -0.780. The number of carbonyl (C=O) groups is 1. The van der Waals surface area contributed by atoms with E-state index in [2.05, 4.69) is 4.74 Å². The largest absolute Gasteiger partial charge is 0.411 e. The molecule has 6 heteroatoms. The summed E-state index contributed by atoms with van der Waals surface area (Å²) in [7, 11) is 0. The lowest BCUT2D eigenvalue weighted by atomic mass is 10.1. The highest BCUT2D eigenvalue weighted by Crippen LogP contribution is 2.15. The molecule has 1 aliphatic rings. The highest BCUT2D eigenvalue weighted by atomic mass is 19.4. The molecule has 0 spiro atoms. The van der Waals surface area contributed by atoms with E-state index in [1.54, 1.807) is 4.90 Å². The van der Waals surface area contributed by atoms with Crippen molar-refractivity contribution in [3.05, 3.63) is 0 Å². The molecule has 3 nitrogen and oxygen atoms in total. The van der Waals surface area contributed by atoms with Crippen molar-refractivity contribution < 1.29 is 22.7 Å². The van der Waals surface area contributed by atoms with Crippen molar-refractivity contribution in [2.75, 3.05) is 26.3 Å². The van der Waals surface area contributed by atoms with E-state index in [0.29, 0.717) is 13.1 Å². The number of amides is 1. The fourth-order valence-corrected chi connectivity index (χ4v) is 1.84. The van der Waals surface area contributed by atoms with Gasteiger partial charge < -0.3 is 9.64 Å². The summed E-state index contributed by atoms with van der Waals surface area (Å²) in [4.78, 5) is 13.2. The molecule has 1 aliphatic heterocycles. The van der Waals surface area contributed by atoms with Crippen LogP contribution in [0.1, 0.15) is 32.1 Å². The topological polar surface area (TPSA) is 29.5 Å². The Morgan fingerprint density at radius 2 is 1.59 bits per heavy atom. The zero-order chi connectivity index (χ0) is 12.7. The number of alkyl halides is 3. The number of hydrogen-bond donors (Lipinski definition) is 0. The molecule has 0 saturated carbocycles. The maximum Gasteiger partial charge on any atom is 0.411 e. The number of halogens is 3. The minimum absolute atomic E-state index is 0.337. The van der Waals surface area contributed by atoms with Gasteiger partial charge in [-0.3, -0.25) is 4.79 Å². The molecule has 1 rings (SSSR count). The predicted molar refractivity (Wildman–Crippen MR) is 56.5 cm³/mol. The van der Waals surface area contributed by atoms with Crippen molar-refractivity contribution in [1.82, 2.24) is 4.90 Å². The minimum Gasteiger partial charge on any atom is -0.362 e. The summed E-state index contributed by atoms with van der Waals surface area (Å²) in [6.45, 7) is -0.561. The molecule has 0 radical (unpaired) electrons. The van der Waals surface area contributed by atoms with Gasteiger partial charge in [0.1, 0.15) is 13.2 Å². The van der Waals surface area contributed by atoms with E-state index < -0.39 is 19.4 Å². The van der Waals surface area contributed by atoms with Gasteiger partial charge in [0.2, 0.25) is 5.91 Å². The predicted octanol–water partition coefficient (Wildman–Crippen LogP) is 2.36. The van der Waals surface area contributed by atoms with Gasteiger partial charge in [0, 0.05) is 13.1 Å². The number of nitrogens with zero attached hydrogens (tertiary/aromatic N) is 1. The molecule has 1 fully saturated rings. The fourth-order valence-electron chi connectivity index (χ4n) is 1.84. The van der Waals surface area contributed by atoms with Gasteiger partial charge in [-0.15, -0.1) is 0 Å². The fraction of sp³-hybridized carbons (Fsp3) is 0.909. The Balaban J connectivity index is 2.25. The number of carbonyl (C=O) groups excluding carboxylic acids is 1. The summed E-state index contributed by atoms with van der Waals surface area (Å²) in [6.07, 6.45) is 0.805. The monoisotopic (exact) mass is 253 g/mol. The first-order valence-electron chi connectivity index (χ1n) is 5.91. The summed E-state index contributed by atoms with van der Waals surface area (Å²) in [6, 6.07) is 0. The van der Waals surface area contributed by atoms with Crippen LogP contribution < -0.4 is 0 Å². The van der Waals surface area contributed by atoms with E-state index in [-0.39, 0.29) is 5.91 Å². The van der Waals surface area contributed by atoms with E-state index >= 15 is 0 Å². The van der Waals surface area contributed by atoms with Gasteiger partial charge in [0.05, 0.1) is 0 Å². The molecule has 0 aromatic heterocycles. The summed E-state index contributed by atoms with van der Waals surface area (Å²) < 4.78 is 39.8. The van der Waals surface area contributed by atoms with Crippen LogP contribution in [-0.2, 0) is 9.53 Å². The van der Waals surface area contributed by atoms with Crippen LogP contribution in [0.3, 0.4) is 0 Å². The molecule has 1 saturated heterocycles. The maximum absolute atomic E-state index is 11.8. The van der Waals surface area contributed by atoms with Gasteiger partial charge in [0.25, 0.3) is 0 Å². The van der Waals surface area contributed by atoms with Gasteiger partial charge in [-0.2, -0.15) is 13.2 Å². The first kappa shape index (κ1) is 14.3. The Bertz CT molecular complexity index is 235. The molecule has 0 aromatic rings. The summed E-state index contributed by atoms with van der Waals surface area (Å²) >= 11 is 0. The maximum atomic E-state index is 11.8. The molecule has 1 amide bonds. The lowest BCUT2D eigenvalue weighted by Crippen LogP contribution is -2.37. The smallest absolute Gasteiger partial charge is 0.362 e. The van der Waals surface area contributed by atoms with Crippen LogP contribution in [0.15, 0.2) is 0 Å². The van der Waals surface area contributed by atoms with Crippen LogP contribution in [0.25, 0.3) is 0 Å². The van der Waals surface area contributed by atoms with Crippen LogP contribution in [0.5, 0.6) is 0 Å². The van der Waals surface area contributed by atoms with Gasteiger partial charge in [-0.25, -0.2) is 0 Å². The van der Waals surface area contributed by atoms with Crippen LogP contribution >= 0.6 is 0 Å². The number of hydrogen-bond acceptors (Lipinski definition) is 2. The quantitative estimate of drug-likeness (QED) is 0.772. The van der Waals surface area contributed by atoms with Crippen molar-refractivity contribution >= 4 is 5.91 Å². The molecule has 0 aromatic carbocycles. The van der Waals surface area contributed by atoms with Crippen molar-refractivity contribution in [3.63, 3.8) is 0 Å². The zero-order valence-corrected chi connectivity index (χ0v) is 9.76. The van der Waals surface area contributed by atoms with Crippen LogP contribution in [0.2, 0.25) is 0 Å². The SMILES string of the molecule is O=C(COCC(F)(F)F)N1CCCCCCC1. The second kappa shape index (κ2) is 6.83. The molecular weight excluding hydrogens is 235 g/mol. The average molecular weight is 253 g/mol. The molecule has 0 aliphatic carbocycles. The third-order valence-electron chi connectivity index (χ3n) is 2.70. The van der Waals surface area contributed by atoms with E-state index in [9.17, 15) is 18.0 Å². The molecule has 1 heterocycles. The Morgan fingerprint density at radius 3 is 2.12 bits per heavy atom. The van der Waals surface area contributed by atoms with Gasteiger partial charge in [-0.05, 0) is 12.8 Å². The van der Waals surface area contributed by atoms with Crippen molar-refractivity contribution in [3.8, 4) is 0 Å². The lowest BCUT2D eigenvalue weighted by Gasteiger charge is -2.24. The number of ether oxygens (including phenoxy) is 1. The molecule has 0 atom stereocenters. The normalized spacial score (nSPS) is 18.6. The third kappa shape index (κ3) is 6.51. The molecule has 0 bridgehead atoms. The van der Waals surface area contributed by atoms with Crippen molar-refractivity contribution in [2.45, 2.75) is 38.3 Å². The Labute approximate surface area is 98.9 Å². The average Bonchev–Trinajstić information content (AvgIpc) is 2.14. The lowest BCUT2D eigenvalue weighted by molar-refractivity contribution is -0.177. The number of rotatable bonds is 3. The molecule has 17 heavy (non-hydrogen) atoms. The Kier molecular flexibility index (Phi) is 5.74. The Morgan fingerprint density at radius 1 is 1.06 bits per heavy atom. The third-order valence-corrected chi connectivity index (χ3v) is 2.70. The van der Waals surface area contributed by atoms with Gasteiger partial charge >= 0.3 is 6.18 Å². The van der Waals surface area contributed by atoms with Gasteiger partial charge in [-0.1, -0.05) is 19.3 Å². The minimum atomic E-state index is -4.36. The summed E-state index contributed by atoms with van der Waals surface area (Å²) in [5.74, 6) is -0.337. The van der Waals surface area contributed by atoms with E-state index in [0.717, 1.165) is 25.7 Å². The first-order valence-corrected chi connectivity index (χ1v) is 5.91. The molecular formula is C11H18F3NO2. The first-order chi connectivity index (χ1) is 7.99. The van der Waals surface area contributed by atoms with E-state index in [4.69, 9.17) is 0 Å². The molecule has 100 valence electrons. The molecule has 0 unspecified atom stereocenters. The molecule has 0 N–H and O–H groups in total. The van der Waals surface area contributed by atoms with Crippen molar-refractivity contribution in [2.24, 2.45) is 0 Å². The second-order valence-corrected chi connectivity index (χ2v) is 4.26. The van der Waals surface area contributed by atoms with E-state index in [1.807, 2.05) is 0 Å². The standard InChI is InChI=1S/C11H18F3NO2/c12-11(13,14)9-17-8-10(16)15-6-4-2-1-3-5-7-15/h1-9H2. The van der Waals surface area contributed by atoms with Crippen molar-refractivity contribution in [1.29, 1.82) is 0 Å². The zero-order valence-electron chi connectivity index (χ0n) is 9.76.